The van der Waals surface area contributed by atoms with Crippen molar-refractivity contribution in [3.05, 3.63) is 34.8 Å². The summed E-state index contributed by atoms with van der Waals surface area (Å²) in [6.07, 6.45) is 2.50. The quantitative estimate of drug-likeness (QED) is 0.824. The van der Waals surface area contributed by atoms with E-state index >= 15 is 0 Å². The summed E-state index contributed by atoms with van der Waals surface area (Å²) in [4.78, 5) is 3.99. The van der Waals surface area contributed by atoms with Crippen LogP contribution in [0, 0.1) is 5.92 Å². The molecule has 1 saturated heterocycles. The van der Waals surface area contributed by atoms with Crippen LogP contribution in [0.4, 0.5) is 5.13 Å². The van der Waals surface area contributed by atoms with E-state index in [1.165, 1.54) is 29.7 Å². The van der Waals surface area contributed by atoms with Crippen LogP contribution in [0.2, 0.25) is 5.02 Å². The molecular formula is C15H18ClN3O3S2. The smallest absolute Gasteiger partial charge is 0.263 e. The SMILES string of the molecule is CC1CNCC[C@H]1Oc1ccc(S(=O)(=O)Nc2nccs2)cc1Cl. The average molecular weight is 388 g/mol. The van der Waals surface area contributed by atoms with Gasteiger partial charge in [-0.15, -0.1) is 11.3 Å². The summed E-state index contributed by atoms with van der Waals surface area (Å²) in [5, 5.41) is 5.60. The van der Waals surface area contributed by atoms with Crippen molar-refractivity contribution < 1.29 is 13.2 Å². The number of anilines is 1. The van der Waals surface area contributed by atoms with Crippen molar-refractivity contribution in [2.45, 2.75) is 24.3 Å². The summed E-state index contributed by atoms with van der Waals surface area (Å²) in [5.41, 5.74) is 0. The second-order valence-corrected chi connectivity index (χ2v) is 8.65. The monoisotopic (exact) mass is 387 g/mol. The van der Waals surface area contributed by atoms with E-state index in [0.717, 1.165) is 19.5 Å². The Labute approximate surface area is 150 Å². The predicted molar refractivity (Wildman–Crippen MR) is 95.4 cm³/mol. The van der Waals surface area contributed by atoms with E-state index in [9.17, 15) is 8.42 Å². The standard InChI is InChI=1S/C15H18ClN3O3S2/c1-10-9-17-5-4-13(10)22-14-3-2-11(8-12(14)16)24(20,21)19-15-18-6-7-23-15/h2-3,6-8,10,13,17H,4-5,9H2,1H3,(H,18,19)/t10?,13-/m1/s1. The summed E-state index contributed by atoms with van der Waals surface area (Å²) < 4.78 is 33.1. The van der Waals surface area contributed by atoms with Crippen molar-refractivity contribution in [2.24, 2.45) is 5.92 Å². The molecule has 2 atom stereocenters. The molecule has 6 nitrogen and oxygen atoms in total. The van der Waals surface area contributed by atoms with E-state index in [1.807, 2.05) is 0 Å². The largest absolute Gasteiger partial charge is 0.488 e. The van der Waals surface area contributed by atoms with Crippen LogP contribution >= 0.6 is 22.9 Å². The molecule has 1 aromatic heterocycles. The first-order chi connectivity index (χ1) is 11.5. The van der Waals surface area contributed by atoms with Crippen molar-refractivity contribution in [2.75, 3.05) is 17.8 Å². The number of piperidine rings is 1. The molecule has 1 aliphatic rings. The van der Waals surface area contributed by atoms with E-state index in [-0.39, 0.29) is 16.0 Å². The van der Waals surface area contributed by atoms with Gasteiger partial charge in [0.1, 0.15) is 11.9 Å². The molecule has 0 saturated carbocycles. The second-order valence-electron chi connectivity index (χ2n) is 5.66. The number of nitrogens with zero attached hydrogens (tertiary/aromatic N) is 1. The number of hydrogen-bond acceptors (Lipinski definition) is 6. The molecule has 1 aromatic carbocycles. The number of aromatic nitrogens is 1. The highest BCUT2D eigenvalue weighted by molar-refractivity contribution is 7.93. The van der Waals surface area contributed by atoms with Crippen molar-refractivity contribution in [3.8, 4) is 5.75 Å². The van der Waals surface area contributed by atoms with E-state index in [1.54, 1.807) is 11.4 Å². The number of halogens is 1. The third-order valence-corrected chi connectivity index (χ3v) is 6.30. The topological polar surface area (TPSA) is 80.3 Å². The van der Waals surface area contributed by atoms with Crippen molar-refractivity contribution in [3.63, 3.8) is 0 Å². The van der Waals surface area contributed by atoms with Crippen LogP contribution in [0.25, 0.3) is 0 Å². The zero-order valence-corrected chi connectivity index (χ0v) is 15.4. The molecule has 2 aromatic rings. The van der Waals surface area contributed by atoms with Gasteiger partial charge in [-0.3, -0.25) is 4.72 Å². The number of rotatable bonds is 5. The van der Waals surface area contributed by atoms with Gasteiger partial charge in [0.25, 0.3) is 10.0 Å². The normalized spacial score (nSPS) is 21.4. The summed E-state index contributed by atoms with van der Waals surface area (Å²) >= 11 is 7.45. The maximum atomic E-state index is 12.4. The van der Waals surface area contributed by atoms with Gasteiger partial charge in [0.05, 0.1) is 9.92 Å². The van der Waals surface area contributed by atoms with E-state index in [2.05, 4.69) is 21.9 Å². The molecule has 0 spiro atoms. The Balaban J connectivity index is 1.76. The zero-order chi connectivity index (χ0) is 17.2. The molecule has 0 aliphatic carbocycles. The Morgan fingerprint density at radius 3 is 2.96 bits per heavy atom. The molecule has 24 heavy (non-hydrogen) atoms. The lowest BCUT2D eigenvalue weighted by Gasteiger charge is -2.30. The summed E-state index contributed by atoms with van der Waals surface area (Å²) in [6.45, 7) is 3.91. The summed E-state index contributed by atoms with van der Waals surface area (Å²) in [5.74, 6) is 0.869. The first-order valence-corrected chi connectivity index (χ1v) is 10.3. The van der Waals surface area contributed by atoms with Crippen molar-refractivity contribution >= 4 is 38.1 Å². The molecule has 9 heteroatoms. The molecule has 1 unspecified atom stereocenters. The van der Waals surface area contributed by atoms with Crippen LogP contribution in [0.1, 0.15) is 13.3 Å². The molecule has 3 rings (SSSR count). The van der Waals surface area contributed by atoms with Crippen LogP contribution in [0.3, 0.4) is 0 Å². The second kappa shape index (κ2) is 7.26. The third kappa shape index (κ3) is 4.00. The molecule has 1 fully saturated rings. The molecule has 1 aliphatic heterocycles. The summed E-state index contributed by atoms with van der Waals surface area (Å²) in [7, 11) is -3.72. The number of thiazole rings is 1. The highest BCUT2D eigenvalue weighted by Crippen LogP contribution is 2.31. The van der Waals surface area contributed by atoms with Gasteiger partial charge in [-0.25, -0.2) is 13.4 Å². The Bertz CT molecular complexity index is 796. The Morgan fingerprint density at radius 1 is 1.46 bits per heavy atom. The van der Waals surface area contributed by atoms with Gasteiger partial charge in [-0.05, 0) is 31.2 Å². The third-order valence-electron chi connectivity index (χ3n) is 3.85. The minimum absolute atomic E-state index is 0.0691. The van der Waals surface area contributed by atoms with Gasteiger partial charge < -0.3 is 10.1 Å². The number of hydrogen-bond donors (Lipinski definition) is 2. The molecule has 0 radical (unpaired) electrons. The number of sulfonamides is 1. The average Bonchev–Trinajstić information content (AvgIpc) is 3.03. The van der Waals surface area contributed by atoms with Crippen LogP contribution in [0.5, 0.6) is 5.75 Å². The van der Waals surface area contributed by atoms with Gasteiger partial charge in [0.2, 0.25) is 0 Å². The number of nitrogens with one attached hydrogen (secondary N) is 2. The molecule has 2 N–H and O–H groups in total. The van der Waals surface area contributed by atoms with Gasteiger partial charge >= 0.3 is 0 Å². The van der Waals surface area contributed by atoms with Crippen LogP contribution in [-0.2, 0) is 10.0 Å². The molecule has 0 bridgehead atoms. The molecular weight excluding hydrogens is 370 g/mol. The van der Waals surface area contributed by atoms with Gasteiger partial charge in [0, 0.05) is 24.0 Å². The number of ether oxygens (including phenoxy) is 1. The predicted octanol–water partition coefficient (Wildman–Crippen LogP) is 2.97. The van der Waals surface area contributed by atoms with Gasteiger partial charge in [-0.2, -0.15) is 0 Å². The van der Waals surface area contributed by atoms with Crippen molar-refractivity contribution in [1.29, 1.82) is 0 Å². The first kappa shape index (κ1) is 17.5. The fourth-order valence-electron chi connectivity index (χ4n) is 2.52. The Morgan fingerprint density at radius 2 is 2.29 bits per heavy atom. The Hall–Kier alpha value is -1.35. The fraction of sp³-hybridized carbons (Fsp3) is 0.400. The maximum Gasteiger partial charge on any atom is 0.263 e. The highest BCUT2D eigenvalue weighted by Gasteiger charge is 2.24. The lowest BCUT2D eigenvalue weighted by Crippen LogP contribution is -2.41. The van der Waals surface area contributed by atoms with Gasteiger partial charge in [-0.1, -0.05) is 18.5 Å². The van der Waals surface area contributed by atoms with E-state index < -0.39 is 10.0 Å². The van der Waals surface area contributed by atoms with Crippen LogP contribution in [0.15, 0.2) is 34.7 Å². The molecule has 0 amide bonds. The lowest BCUT2D eigenvalue weighted by molar-refractivity contribution is 0.112. The fourth-order valence-corrected chi connectivity index (χ4v) is 4.62. The van der Waals surface area contributed by atoms with Crippen LogP contribution in [-0.4, -0.2) is 32.6 Å². The lowest BCUT2D eigenvalue weighted by atomic mass is 9.98. The van der Waals surface area contributed by atoms with Crippen molar-refractivity contribution in [1.82, 2.24) is 10.3 Å². The van der Waals surface area contributed by atoms with E-state index in [0.29, 0.717) is 16.8 Å². The Kier molecular flexibility index (Phi) is 5.29. The van der Waals surface area contributed by atoms with Gasteiger partial charge in [0.15, 0.2) is 5.13 Å². The zero-order valence-electron chi connectivity index (χ0n) is 13.0. The highest BCUT2D eigenvalue weighted by atomic mass is 35.5. The molecule has 2 heterocycles. The first-order valence-electron chi connectivity index (χ1n) is 7.55. The maximum absolute atomic E-state index is 12.4. The van der Waals surface area contributed by atoms with Crippen LogP contribution < -0.4 is 14.8 Å². The minimum Gasteiger partial charge on any atom is -0.488 e. The van der Waals surface area contributed by atoms with E-state index in [4.69, 9.17) is 16.3 Å². The summed E-state index contributed by atoms with van der Waals surface area (Å²) in [6, 6.07) is 4.50. The minimum atomic E-state index is -3.72. The molecule has 130 valence electrons. The number of benzene rings is 1.